The van der Waals surface area contributed by atoms with Gasteiger partial charge in [0.25, 0.3) is 0 Å². The fourth-order valence-corrected chi connectivity index (χ4v) is 4.30. The normalized spacial score (nSPS) is 15.9. The molecule has 0 amide bonds. The van der Waals surface area contributed by atoms with E-state index in [-0.39, 0.29) is 24.0 Å². The molecule has 1 saturated heterocycles. The minimum atomic E-state index is 0. The highest BCUT2D eigenvalue weighted by molar-refractivity contribution is 14.0. The Balaban J connectivity index is 0.00000363. The molecule has 2 heterocycles. The van der Waals surface area contributed by atoms with Crippen LogP contribution in [0.2, 0.25) is 0 Å². The van der Waals surface area contributed by atoms with E-state index in [0.717, 1.165) is 51.9 Å². The molecule has 0 spiro atoms. The Labute approximate surface area is 210 Å². The summed E-state index contributed by atoms with van der Waals surface area (Å²) in [5.74, 6) is 1.53. The summed E-state index contributed by atoms with van der Waals surface area (Å²) in [5.41, 5.74) is 2.50. The van der Waals surface area contributed by atoms with E-state index in [1.807, 2.05) is 25.8 Å². The lowest BCUT2D eigenvalue weighted by molar-refractivity contribution is 0.00272. The van der Waals surface area contributed by atoms with Gasteiger partial charge in [-0.25, -0.2) is 4.98 Å². The minimum absolute atomic E-state index is 0. The lowest BCUT2D eigenvalue weighted by atomic mass is 9.92. The van der Waals surface area contributed by atoms with Gasteiger partial charge >= 0.3 is 0 Å². The SMILES string of the molecule is CCC(CC)C(CNC(=NC)NCc1ccc(Cn2ccnc2)cc1)N1CCOCC1.I. The Morgan fingerprint density at radius 3 is 2.38 bits per heavy atom. The third kappa shape index (κ3) is 8.04. The minimum Gasteiger partial charge on any atom is -0.379 e. The maximum Gasteiger partial charge on any atom is 0.191 e. The van der Waals surface area contributed by atoms with Gasteiger partial charge in [-0.2, -0.15) is 0 Å². The average Bonchev–Trinajstić information content (AvgIpc) is 3.33. The number of imidazole rings is 1. The van der Waals surface area contributed by atoms with E-state index in [2.05, 4.69) is 68.2 Å². The van der Waals surface area contributed by atoms with Crippen LogP contribution in [0.1, 0.15) is 37.8 Å². The van der Waals surface area contributed by atoms with Gasteiger partial charge in [0.1, 0.15) is 0 Å². The Hall–Kier alpha value is -1.65. The fourth-order valence-electron chi connectivity index (χ4n) is 4.30. The standard InChI is InChI=1S/C24H38N6O.HI/c1-4-22(5-2)23(30-12-14-31-15-13-30)17-28-24(25-3)27-16-20-6-8-21(9-7-20)18-29-11-10-26-19-29;/h6-11,19,22-23H,4-5,12-18H2,1-3H3,(H2,25,27,28);1H. The van der Waals surface area contributed by atoms with E-state index in [1.54, 1.807) is 0 Å². The van der Waals surface area contributed by atoms with Crippen LogP contribution >= 0.6 is 24.0 Å². The predicted octanol–water partition coefficient (Wildman–Crippen LogP) is 3.35. The van der Waals surface area contributed by atoms with Crippen LogP contribution in [-0.4, -0.2) is 66.3 Å². The molecule has 0 aliphatic carbocycles. The van der Waals surface area contributed by atoms with Gasteiger partial charge in [0.2, 0.25) is 0 Å². The van der Waals surface area contributed by atoms with Crippen LogP contribution in [-0.2, 0) is 17.8 Å². The fraction of sp³-hybridized carbons (Fsp3) is 0.583. The van der Waals surface area contributed by atoms with Crippen molar-refractivity contribution < 1.29 is 4.74 Å². The van der Waals surface area contributed by atoms with Gasteiger partial charge in [-0.15, -0.1) is 24.0 Å². The zero-order valence-electron chi connectivity index (χ0n) is 19.7. The van der Waals surface area contributed by atoms with E-state index in [1.165, 1.54) is 24.0 Å². The molecule has 1 aromatic carbocycles. The van der Waals surface area contributed by atoms with Crippen LogP contribution < -0.4 is 10.6 Å². The van der Waals surface area contributed by atoms with Gasteiger partial charge < -0.3 is 19.9 Å². The summed E-state index contributed by atoms with van der Waals surface area (Å²) in [6.07, 6.45) is 8.02. The number of benzene rings is 1. The van der Waals surface area contributed by atoms with E-state index >= 15 is 0 Å². The number of nitrogens with zero attached hydrogens (tertiary/aromatic N) is 4. The summed E-state index contributed by atoms with van der Waals surface area (Å²) in [6.45, 7) is 10.8. The first-order chi connectivity index (χ1) is 15.2. The predicted molar refractivity (Wildman–Crippen MR) is 142 cm³/mol. The average molecular weight is 555 g/mol. The molecule has 1 aliphatic rings. The molecule has 0 bridgehead atoms. The summed E-state index contributed by atoms with van der Waals surface area (Å²) in [4.78, 5) is 11.1. The maximum atomic E-state index is 5.57. The first-order valence-electron chi connectivity index (χ1n) is 11.5. The zero-order chi connectivity index (χ0) is 21.9. The van der Waals surface area contributed by atoms with Crippen LogP contribution in [0.3, 0.4) is 0 Å². The highest BCUT2D eigenvalue weighted by Crippen LogP contribution is 2.19. The largest absolute Gasteiger partial charge is 0.379 e. The Morgan fingerprint density at radius 2 is 1.78 bits per heavy atom. The summed E-state index contributed by atoms with van der Waals surface area (Å²) in [7, 11) is 1.84. The number of halogens is 1. The second-order valence-corrected chi connectivity index (χ2v) is 8.15. The van der Waals surface area contributed by atoms with E-state index in [4.69, 9.17) is 4.74 Å². The molecular weight excluding hydrogens is 515 g/mol. The molecule has 1 aliphatic heterocycles. The number of guanidine groups is 1. The Morgan fingerprint density at radius 1 is 1.09 bits per heavy atom. The van der Waals surface area contributed by atoms with Gasteiger partial charge in [0, 0.05) is 58.2 Å². The van der Waals surface area contributed by atoms with Gasteiger partial charge in [-0.3, -0.25) is 9.89 Å². The van der Waals surface area contributed by atoms with Crippen LogP contribution in [0.5, 0.6) is 0 Å². The second kappa shape index (κ2) is 14.5. The lowest BCUT2D eigenvalue weighted by Gasteiger charge is -2.39. The first-order valence-corrected chi connectivity index (χ1v) is 11.5. The van der Waals surface area contributed by atoms with Crippen molar-refractivity contribution in [3.05, 3.63) is 54.1 Å². The van der Waals surface area contributed by atoms with Crippen molar-refractivity contribution in [3.63, 3.8) is 0 Å². The quantitative estimate of drug-likeness (QED) is 0.268. The summed E-state index contributed by atoms with van der Waals surface area (Å²) in [6, 6.07) is 9.20. The van der Waals surface area contributed by atoms with Gasteiger partial charge in [-0.1, -0.05) is 51.0 Å². The highest BCUT2D eigenvalue weighted by Gasteiger charge is 2.26. The second-order valence-electron chi connectivity index (χ2n) is 8.15. The molecule has 8 heteroatoms. The van der Waals surface area contributed by atoms with Gasteiger partial charge in [0.15, 0.2) is 5.96 Å². The number of aromatic nitrogens is 2. The molecule has 2 aromatic rings. The molecule has 3 rings (SSSR count). The Bertz CT molecular complexity index is 770. The number of ether oxygens (including phenoxy) is 1. The number of rotatable bonds is 10. The molecule has 2 N–H and O–H groups in total. The van der Waals surface area contributed by atoms with Gasteiger partial charge in [-0.05, 0) is 17.0 Å². The molecule has 178 valence electrons. The van der Waals surface area contributed by atoms with Crippen LogP contribution in [0, 0.1) is 5.92 Å². The van der Waals surface area contributed by atoms with Crippen LogP contribution in [0.15, 0.2) is 48.0 Å². The van der Waals surface area contributed by atoms with Crippen molar-refractivity contribution in [1.82, 2.24) is 25.1 Å². The molecule has 1 unspecified atom stereocenters. The molecule has 1 atom stereocenters. The van der Waals surface area contributed by atoms with E-state index in [9.17, 15) is 0 Å². The lowest BCUT2D eigenvalue weighted by Crippen LogP contribution is -2.53. The first kappa shape index (κ1) is 26.6. The van der Waals surface area contributed by atoms with Crippen LogP contribution in [0.4, 0.5) is 0 Å². The molecular formula is C24H39IN6O. The molecule has 7 nitrogen and oxygen atoms in total. The number of aliphatic imine (C=N–C) groups is 1. The smallest absolute Gasteiger partial charge is 0.191 e. The van der Waals surface area contributed by atoms with E-state index < -0.39 is 0 Å². The number of nitrogens with one attached hydrogen (secondary N) is 2. The van der Waals surface area contributed by atoms with Crippen molar-refractivity contribution >= 4 is 29.9 Å². The van der Waals surface area contributed by atoms with Crippen LogP contribution in [0.25, 0.3) is 0 Å². The van der Waals surface area contributed by atoms with Crippen molar-refractivity contribution in [1.29, 1.82) is 0 Å². The topological polar surface area (TPSA) is 66.7 Å². The molecule has 0 radical (unpaired) electrons. The van der Waals surface area contributed by atoms with Crippen molar-refractivity contribution in [2.24, 2.45) is 10.9 Å². The Kier molecular flexibility index (Phi) is 12.0. The van der Waals surface area contributed by atoms with Crippen molar-refractivity contribution in [2.45, 2.75) is 45.8 Å². The summed E-state index contributed by atoms with van der Waals surface area (Å²) >= 11 is 0. The van der Waals surface area contributed by atoms with Crippen molar-refractivity contribution in [2.75, 3.05) is 39.9 Å². The maximum absolute atomic E-state index is 5.57. The molecule has 1 aromatic heterocycles. The number of hydrogen-bond donors (Lipinski definition) is 2. The van der Waals surface area contributed by atoms with E-state index in [0.29, 0.717) is 12.0 Å². The third-order valence-corrected chi connectivity index (χ3v) is 6.22. The number of morpholine rings is 1. The molecule has 0 saturated carbocycles. The summed E-state index contributed by atoms with van der Waals surface area (Å²) in [5, 5.41) is 7.04. The molecule has 32 heavy (non-hydrogen) atoms. The zero-order valence-corrected chi connectivity index (χ0v) is 22.0. The van der Waals surface area contributed by atoms with Gasteiger partial charge in [0.05, 0.1) is 19.5 Å². The summed E-state index contributed by atoms with van der Waals surface area (Å²) < 4.78 is 7.64. The molecule has 1 fully saturated rings. The third-order valence-electron chi connectivity index (χ3n) is 6.22. The monoisotopic (exact) mass is 554 g/mol. The number of hydrogen-bond acceptors (Lipinski definition) is 4. The highest BCUT2D eigenvalue weighted by atomic mass is 127. The van der Waals surface area contributed by atoms with Crippen molar-refractivity contribution in [3.8, 4) is 0 Å².